The van der Waals surface area contributed by atoms with E-state index in [1.54, 1.807) is 0 Å². The average molecular weight is 326 g/mol. The first kappa shape index (κ1) is 15.7. The summed E-state index contributed by atoms with van der Waals surface area (Å²) in [7, 11) is -3.61. The standard InChI is InChI=1S/C18H18N2O2S/c1-13-2-6-15(7-3-13)18(16-8-9-16)20-23(21,22)17-10-4-14(12-19)5-11-17/h2-7,10-11,16,18,20H,8-9H2,1H3/t18-/m0/s1. The van der Waals surface area contributed by atoms with E-state index in [4.69, 9.17) is 5.26 Å². The Labute approximate surface area is 136 Å². The predicted octanol–water partition coefficient (Wildman–Crippen LogP) is 3.30. The van der Waals surface area contributed by atoms with Crippen molar-refractivity contribution in [3.05, 3.63) is 65.2 Å². The highest BCUT2D eigenvalue weighted by atomic mass is 32.2. The summed E-state index contributed by atoms with van der Waals surface area (Å²) < 4.78 is 28.1. The Balaban J connectivity index is 1.87. The van der Waals surface area contributed by atoms with Crippen LogP contribution in [0.2, 0.25) is 0 Å². The van der Waals surface area contributed by atoms with Crippen LogP contribution in [0.15, 0.2) is 53.4 Å². The van der Waals surface area contributed by atoms with Crippen LogP contribution in [0.1, 0.15) is 35.6 Å². The van der Waals surface area contributed by atoms with E-state index in [0.717, 1.165) is 24.0 Å². The maximum absolute atomic E-state index is 12.6. The van der Waals surface area contributed by atoms with E-state index in [1.807, 2.05) is 37.3 Å². The van der Waals surface area contributed by atoms with E-state index in [-0.39, 0.29) is 10.9 Å². The van der Waals surface area contributed by atoms with Gasteiger partial charge in [-0.2, -0.15) is 5.26 Å². The maximum Gasteiger partial charge on any atom is 0.241 e. The van der Waals surface area contributed by atoms with Gasteiger partial charge in [0.15, 0.2) is 0 Å². The van der Waals surface area contributed by atoms with Gasteiger partial charge in [-0.05, 0) is 55.5 Å². The minimum Gasteiger partial charge on any atom is -0.207 e. The molecule has 5 heteroatoms. The number of nitrogens with one attached hydrogen (secondary N) is 1. The third-order valence-corrected chi connectivity index (χ3v) is 5.56. The van der Waals surface area contributed by atoms with Gasteiger partial charge in [-0.25, -0.2) is 13.1 Å². The number of hydrogen-bond acceptors (Lipinski definition) is 3. The van der Waals surface area contributed by atoms with Crippen LogP contribution in [-0.4, -0.2) is 8.42 Å². The summed E-state index contributed by atoms with van der Waals surface area (Å²) in [4.78, 5) is 0.189. The number of nitrogens with zero attached hydrogens (tertiary/aromatic N) is 1. The molecule has 1 atom stereocenters. The summed E-state index contributed by atoms with van der Waals surface area (Å²) in [6.45, 7) is 2.01. The molecule has 2 aromatic rings. The summed E-state index contributed by atoms with van der Waals surface area (Å²) in [6, 6.07) is 15.8. The van der Waals surface area contributed by atoms with Gasteiger partial charge >= 0.3 is 0 Å². The van der Waals surface area contributed by atoms with Crippen molar-refractivity contribution < 1.29 is 8.42 Å². The largest absolute Gasteiger partial charge is 0.241 e. The molecule has 1 aliphatic carbocycles. The highest BCUT2D eigenvalue weighted by molar-refractivity contribution is 7.89. The quantitative estimate of drug-likeness (QED) is 0.916. The Hall–Kier alpha value is -2.16. The van der Waals surface area contributed by atoms with Crippen LogP contribution >= 0.6 is 0 Å². The Morgan fingerprint density at radius 1 is 1.09 bits per heavy atom. The van der Waals surface area contributed by atoms with Gasteiger partial charge in [-0.3, -0.25) is 0 Å². The zero-order valence-electron chi connectivity index (χ0n) is 12.9. The van der Waals surface area contributed by atoms with Crippen molar-refractivity contribution in [3.8, 4) is 6.07 Å². The van der Waals surface area contributed by atoms with E-state index in [2.05, 4.69) is 4.72 Å². The minimum absolute atomic E-state index is 0.189. The Morgan fingerprint density at radius 3 is 2.22 bits per heavy atom. The van der Waals surface area contributed by atoms with Gasteiger partial charge in [-0.15, -0.1) is 0 Å². The fraction of sp³-hybridized carbons (Fsp3) is 0.278. The lowest BCUT2D eigenvalue weighted by Gasteiger charge is -2.19. The molecule has 1 saturated carbocycles. The third-order valence-electron chi connectivity index (χ3n) is 4.11. The fourth-order valence-corrected chi connectivity index (χ4v) is 3.88. The molecule has 0 bridgehead atoms. The smallest absolute Gasteiger partial charge is 0.207 e. The molecule has 2 aromatic carbocycles. The Kier molecular flexibility index (Phi) is 4.20. The molecule has 23 heavy (non-hydrogen) atoms. The van der Waals surface area contributed by atoms with E-state index >= 15 is 0 Å². The van der Waals surface area contributed by atoms with Gasteiger partial charge < -0.3 is 0 Å². The van der Waals surface area contributed by atoms with Crippen LogP contribution < -0.4 is 4.72 Å². The van der Waals surface area contributed by atoms with Crippen molar-refractivity contribution in [1.82, 2.24) is 4.72 Å². The van der Waals surface area contributed by atoms with Gasteiger partial charge in [0.2, 0.25) is 10.0 Å². The summed E-state index contributed by atoms with van der Waals surface area (Å²) >= 11 is 0. The zero-order chi connectivity index (χ0) is 16.4. The average Bonchev–Trinajstić information content (AvgIpc) is 3.38. The third kappa shape index (κ3) is 3.61. The molecule has 1 fully saturated rings. The molecule has 0 spiro atoms. The number of benzene rings is 2. The van der Waals surface area contributed by atoms with Crippen LogP contribution in [-0.2, 0) is 10.0 Å². The molecule has 0 aliphatic heterocycles. The second kappa shape index (κ2) is 6.15. The molecule has 4 nitrogen and oxygen atoms in total. The first-order valence-electron chi connectivity index (χ1n) is 7.59. The molecule has 0 unspecified atom stereocenters. The lowest BCUT2D eigenvalue weighted by Crippen LogP contribution is -2.30. The van der Waals surface area contributed by atoms with E-state index in [9.17, 15) is 8.42 Å². The van der Waals surface area contributed by atoms with Crippen molar-refractivity contribution >= 4 is 10.0 Å². The highest BCUT2D eigenvalue weighted by Gasteiger charge is 2.35. The normalized spacial score (nSPS) is 15.8. The lowest BCUT2D eigenvalue weighted by molar-refractivity contribution is 0.529. The van der Waals surface area contributed by atoms with Gasteiger partial charge in [0, 0.05) is 6.04 Å². The molecular formula is C18H18N2O2S. The van der Waals surface area contributed by atoms with Crippen molar-refractivity contribution in [2.24, 2.45) is 5.92 Å². The molecule has 0 amide bonds. The molecule has 3 rings (SSSR count). The molecule has 0 heterocycles. The van der Waals surface area contributed by atoms with Gasteiger partial charge in [0.1, 0.15) is 0 Å². The van der Waals surface area contributed by atoms with Gasteiger partial charge in [0.25, 0.3) is 0 Å². The second-order valence-electron chi connectivity index (χ2n) is 5.98. The predicted molar refractivity (Wildman–Crippen MR) is 88.1 cm³/mol. The Morgan fingerprint density at radius 2 is 1.70 bits per heavy atom. The molecular weight excluding hydrogens is 308 g/mol. The molecule has 0 saturated heterocycles. The lowest BCUT2D eigenvalue weighted by atomic mass is 10.0. The first-order valence-corrected chi connectivity index (χ1v) is 9.07. The number of rotatable bonds is 5. The zero-order valence-corrected chi connectivity index (χ0v) is 13.7. The number of aryl methyl sites for hydroxylation is 1. The van der Waals surface area contributed by atoms with Crippen molar-refractivity contribution in [2.45, 2.75) is 30.7 Å². The van der Waals surface area contributed by atoms with Crippen LogP contribution in [0.4, 0.5) is 0 Å². The van der Waals surface area contributed by atoms with Crippen molar-refractivity contribution in [3.63, 3.8) is 0 Å². The minimum atomic E-state index is -3.61. The van der Waals surface area contributed by atoms with Crippen LogP contribution in [0, 0.1) is 24.2 Å². The summed E-state index contributed by atoms with van der Waals surface area (Å²) in [5, 5.41) is 8.81. The van der Waals surface area contributed by atoms with Gasteiger partial charge in [-0.1, -0.05) is 29.8 Å². The SMILES string of the molecule is Cc1ccc([C@H](NS(=O)(=O)c2ccc(C#N)cc2)C2CC2)cc1. The second-order valence-corrected chi connectivity index (χ2v) is 7.70. The van der Waals surface area contributed by atoms with E-state index in [0.29, 0.717) is 11.5 Å². The molecule has 1 N–H and O–H groups in total. The van der Waals surface area contributed by atoms with Crippen LogP contribution in [0.3, 0.4) is 0 Å². The van der Waals surface area contributed by atoms with Crippen molar-refractivity contribution in [1.29, 1.82) is 5.26 Å². The Bertz CT molecular complexity index is 830. The summed E-state index contributed by atoms with van der Waals surface area (Å²) in [5.74, 6) is 0.353. The number of sulfonamides is 1. The number of nitriles is 1. The molecule has 118 valence electrons. The molecule has 1 aliphatic rings. The molecule has 0 radical (unpaired) electrons. The summed E-state index contributed by atoms with van der Waals surface area (Å²) in [5.41, 5.74) is 2.59. The van der Waals surface area contributed by atoms with Crippen LogP contribution in [0.25, 0.3) is 0 Å². The maximum atomic E-state index is 12.6. The first-order chi connectivity index (χ1) is 11.0. The summed E-state index contributed by atoms with van der Waals surface area (Å²) in [6.07, 6.45) is 2.07. The van der Waals surface area contributed by atoms with Crippen molar-refractivity contribution in [2.75, 3.05) is 0 Å². The highest BCUT2D eigenvalue weighted by Crippen LogP contribution is 2.41. The monoisotopic (exact) mass is 326 g/mol. The fourth-order valence-electron chi connectivity index (χ4n) is 2.58. The number of hydrogen-bond donors (Lipinski definition) is 1. The van der Waals surface area contributed by atoms with E-state index < -0.39 is 10.0 Å². The van der Waals surface area contributed by atoms with E-state index in [1.165, 1.54) is 24.3 Å². The molecule has 0 aromatic heterocycles. The topological polar surface area (TPSA) is 70.0 Å². The van der Waals surface area contributed by atoms with Crippen LogP contribution in [0.5, 0.6) is 0 Å². The van der Waals surface area contributed by atoms with Gasteiger partial charge in [0.05, 0.1) is 16.5 Å².